The molecule has 0 atom stereocenters. The van der Waals surface area contributed by atoms with Gasteiger partial charge in [-0.15, -0.1) is 5.10 Å². The van der Waals surface area contributed by atoms with Gasteiger partial charge in [0.1, 0.15) is 5.69 Å². The molecule has 2 aromatic heterocycles. The highest BCUT2D eigenvalue weighted by atomic mass is 16.5. The Bertz CT molecular complexity index is 1180. The molecule has 4 rings (SSSR count). The van der Waals surface area contributed by atoms with Gasteiger partial charge in [0.2, 0.25) is 0 Å². The van der Waals surface area contributed by atoms with E-state index in [-0.39, 0.29) is 0 Å². The maximum Gasteiger partial charge on any atom is 0.297 e. The van der Waals surface area contributed by atoms with E-state index < -0.39 is 5.91 Å². The minimum atomic E-state index is -0.512. The second kappa shape index (κ2) is 8.78. The zero-order chi connectivity index (χ0) is 21.8. The van der Waals surface area contributed by atoms with E-state index in [1.165, 1.54) is 0 Å². The molecular weight excluding hydrogens is 394 g/mol. The lowest BCUT2D eigenvalue weighted by Crippen LogP contribution is -2.19. The van der Waals surface area contributed by atoms with Crippen LogP contribution in [0.5, 0.6) is 6.01 Å². The molecule has 0 spiro atoms. The largest absolute Gasteiger partial charge is 0.465 e. The lowest BCUT2D eigenvalue weighted by atomic mass is 9.98. The number of hydrogen-bond donors (Lipinski definition) is 2. The molecule has 2 aromatic carbocycles. The molecule has 0 aliphatic carbocycles. The quantitative estimate of drug-likeness (QED) is 0.454. The van der Waals surface area contributed by atoms with Crippen LogP contribution in [0.1, 0.15) is 35.6 Å². The minimum Gasteiger partial charge on any atom is -0.465 e. The Hall–Kier alpha value is -4.01. The van der Waals surface area contributed by atoms with Gasteiger partial charge in [0.15, 0.2) is 5.82 Å². The van der Waals surface area contributed by atoms with Crippen LogP contribution in [0, 0.1) is 0 Å². The average molecular weight is 417 g/mol. The van der Waals surface area contributed by atoms with Gasteiger partial charge in [0.05, 0.1) is 18.8 Å². The number of carbonyl (C=O) groups is 1. The van der Waals surface area contributed by atoms with E-state index in [0.29, 0.717) is 42.8 Å². The normalized spacial score (nSPS) is 10.9. The minimum absolute atomic E-state index is 0.387. The van der Waals surface area contributed by atoms with Crippen molar-refractivity contribution in [2.24, 2.45) is 5.73 Å². The van der Waals surface area contributed by atoms with Crippen molar-refractivity contribution in [2.75, 3.05) is 6.61 Å². The Kier molecular flexibility index (Phi) is 5.74. The summed E-state index contributed by atoms with van der Waals surface area (Å²) >= 11 is 0. The van der Waals surface area contributed by atoms with Crippen molar-refractivity contribution in [2.45, 2.75) is 26.8 Å². The first-order valence-electron chi connectivity index (χ1n) is 10.1. The average Bonchev–Trinajstić information content (AvgIpc) is 3.43. The number of aromatic amines is 1. The summed E-state index contributed by atoms with van der Waals surface area (Å²) in [6.07, 6.45) is 0.595. The van der Waals surface area contributed by atoms with Crippen LogP contribution in [0.15, 0.2) is 48.5 Å². The van der Waals surface area contributed by atoms with Crippen LogP contribution in [0.3, 0.4) is 0 Å². The summed E-state index contributed by atoms with van der Waals surface area (Å²) in [5.74, 6) is 0.0964. The van der Waals surface area contributed by atoms with Crippen molar-refractivity contribution in [3.05, 3.63) is 65.5 Å². The van der Waals surface area contributed by atoms with Crippen LogP contribution in [0.2, 0.25) is 0 Å². The molecule has 0 unspecified atom stereocenters. The van der Waals surface area contributed by atoms with E-state index in [9.17, 15) is 4.79 Å². The van der Waals surface area contributed by atoms with E-state index in [1.807, 2.05) is 62.4 Å². The lowest BCUT2D eigenvalue weighted by molar-refractivity contribution is 0.0989. The van der Waals surface area contributed by atoms with Crippen LogP contribution in [0.4, 0.5) is 0 Å². The summed E-state index contributed by atoms with van der Waals surface area (Å²) in [6, 6.07) is 16.4. The summed E-state index contributed by atoms with van der Waals surface area (Å²) in [7, 11) is 0. The SMILES string of the molecule is CCOc1nc(CC)c(C(N)=O)n1Cc1ccc(-c2ccccc2-c2nnn[nH]2)cc1. The molecule has 0 aliphatic heterocycles. The highest BCUT2D eigenvalue weighted by Gasteiger charge is 2.21. The van der Waals surface area contributed by atoms with Crippen molar-refractivity contribution < 1.29 is 9.53 Å². The van der Waals surface area contributed by atoms with E-state index in [4.69, 9.17) is 10.5 Å². The van der Waals surface area contributed by atoms with E-state index in [1.54, 1.807) is 4.57 Å². The number of imidazole rings is 1. The third kappa shape index (κ3) is 4.02. The first-order chi connectivity index (χ1) is 15.1. The number of aryl methyl sites for hydroxylation is 1. The molecule has 1 amide bonds. The summed E-state index contributed by atoms with van der Waals surface area (Å²) in [6.45, 7) is 4.69. The van der Waals surface area contributed by atoms with E-state index >= 15 is 0 Å². The summed E-state index contributed by atoms with van der Waals surface area (Å²) in [5.41, 5.74) is 10.6. The third-order valence-electron chi connectivity index (χ3n) is 4.98. The Labute approximate surface area is 179 Å². The maximum atomic E-state index is 12.1. The van der Waals surface area contributed by atoms with Gasteiger partial charge < -0.3 is 10.5 Å². The summed E-state index contributed by atoms with van der Waals surface area (Å²) in [4.78, 5) is 16.5. The van der Waals surface area contributed by atoms with Crippen LogP contribution < -0.4 is 10.5 Å². The molecule has 4 aromatic rings. The number of nitrogens with two attached hydrogens (primary N) is 1. The number of carbonyl (C=O) groups excluding carboxylic acids is 1. The summed E-state index contributed by atoms with van der Waals surface area (Å²) in [5, 5.41) is 14.2. The van der Waals surface area contributed by atoms with Gasteiger partial charge in [-0.25, -0.2) is 5.10 Å². The number of ether oxygens (including phenoxy) is 1. The Balaban J connectivity index is 1.67. The van der Waals surface area contributed by atoms with Crippen molar-refractivity contribution in [1.82, 2.24) is 30.2 Å². The van der Waals surface area contributed by atoms with Crippen LogP contribution in [0.25, 0.3) is 22.5 Å². The number of aromatic nitrogens is 6. The molecular formula is C22H23N7O2. The molecule has 0 radical (unpaired) electrons. The van der Waals surface area contributed by atoms with Gasteiger partial charge in [-0.3, -0.25) is 9.36 Å². The molecule has 3 N–H and O–H groups in total. The van der Waals surface area contributed by atoms with Gasteiger partial charge in [-0.05, 0) is 40.5 Å². The second-order valence-electron chi connectivity index (χ2n) is 6.92. The topological polar surface area (TPSA) is 125 Å². The Morgan fingerprint density at radius 1 is 1.10 bits per heavy atom. The predicted octanol–water partition coefficient (Wildman–Crippen LogP) is 2.84. The summed E-state index contributed by atoms with van der Waals surface area (Å²) < 4.78 is 7.40. The number of nitrogens with one attached hydrogen (secondary N) is 1. The zero-order valence-corrected chi connectivity index (χ0v) is 17.4. The predicted molar refractivity (Wildman–Crippen MR) is 115 cm³/mol. The zero-order valence-electron chi connectivity index (χ0n) is 17.4. The molecule has 0 saturated carbocycles. The monoisotopic (exact) mass is 417 g/mol. The van der Waals surface area contributed by atoms with Crippen molar-refractivity contribution in [3.63, 3.8) is 0 Å². The molecule has 9 nitrogen and oxygen atoms in total. The number of tetrazole rings is 1. The van der Waals surface area contributed by atoms with Gasteiger partial charge in [-0.1, -0.05) is 55.5 Å². The fourth-order valence-corrected chi connectivity index (χ4v) is 3.57. The Morgan fingerprint density at radius 2 is 1.84 bits per heavy atom. The molecule has 9 heteroatoms. The molecule has 0 fully saturated rings. The molecule has 31 heavy (non-hydrogen) atoms. The number of benzene rings is 2. The van der Waals surface area contributed by atoms with E-state index in [2.05, 4.69) is 25.6 Å². The van der Waals surface area contributed by atoms with Gasteiger partial charge in [-0.2, -0.15) is 4.98 Å². The van der Waals surface area contributed by atoms with E-state index in [0.717, 1.165) is 22.3 Å². The number of amides is 1. The first-order valence-corrected chi connectivity index (χ1v) is 10.1. The fraction of sp³-hybridized carbons (Fsp3) is 0.227. The standard InChI is InChI=1S/C22H23N7O2/c1-3-18-19(20(23)30)29(22(24-18)31-4-2)13-14-9-11-15(12-10-14)16-7-5-6-8-17(16)21-25-27-28-26-21/h5-12H,3-4,13H2,1-2H3,(H2,23,30)(H,25,26,27,28). The van der Waals surface area contributed by atoms with Crippen LogP contribution in [-0.4, -0.2) is 42.7 Å². The van der Waals surface area contributed by atoms with Crippen LogP contribution in [-0.2, 0) is 13.0 Å². The maximum absolute atomic E-state index is 12.1. The number of rotatable bonds is 8. The molecule has 0 saturated heterocycles. The van der Waals surface area contributed by atoms with Gasteiger partial charge >= 0.3 is 0 Å². The molecule has 0 bridgehead atoms. The second-order valence-corrected chi connectivity index (χ2v) is 6.92. The lowest BCUT2D eigenvalue weighted by Gasteiger charge is -2.12. The fourth-order valence-electron chi connectivity index (χ4n) is 3.57. The first kappa shape index (κ1) is 20.3. The Morgan fingerprint density at radius 3 is 2.45 bits per heavy atom. The smallest absolute Gasteiger partial charge is 0.297 e. The highest BCUT2D eigenvalue weighted by Crippen LogP contribution is 2.30. The van der Waals surface area contributed by atoms with Crippen molar-refractivity contribution >= 4 is 5.91 Å². The van der Waals surface area contributed by atoms with Crippen molar-refractivity contribution in [1.29, 1.82) is 0 Å². The molecule has 158 valence electrons. The number of H-pyrrole nitrogens is 1. The molecule has 2 heterocycles. The number of primary amides is 1. The highest BCUT2D eigenvalue weighted by molar-refractivity contribution is 5.92. The van der Waals surface area contributed by atoms with Crippen molar-refractivity contribution in [3.8, 4) is 28.5 Å². The van der Waals surface area contributed by atoms with Crippen LogP contribution >= 0.6 is 0 Å². The van der Waals surface area contributed by atoms with Gasteiger partial charge in [0, 0.05) is 5.56 Å². The third-order valence-corrected chi connectivity index (χ3v) is 4.98. The van der Waals surface area contributed by atoms with Gasteiger partial charge in [0.25, 0.3) is 11.9 Å². The number of nitrogens with zero attached hydrogens (tertiary/aromatic N) is 5. The number of hydrogen-bond acceptors (Lipinski definition) is 6. The molecule has 0 aliphatic rings.